The Bertz CT molecular complexity index is 1330. The number of hydrogen-bond donors (Lipinski definition) is 2. The van der Waals surface area contributed by atoms with E-state index in [1.54, 1.807) is 0 Å². The van der Waals surface area contributed by atoms with Crippen molar-refractivity contribution in [2.75, 3.05) is 35.7 Å². The fourth-order valence-electron chi connectivity index (χ4n) is 4.79. The van der Waals surface area contributed by atoms with E-state index in [-0.39, 0.29) is 34.9 Å². The molecule has 0 atom stereocenters. The number of pyridine rings is 1. The lowest BCUT2D eigenvalue weighted by Gasteiger charge is -2.38. The maximum atomic E-state index is 13.4. The molecule has 1 saturated carbocycles. The molecule has 0 radical (unpaired) electrons. The summed E-state index contributed by atoms with van der Waals surface area (Å²) in [5.74, 6) is -3.58. The van der Waals surface area contributed by atoms with E-state index in [4.69, 9.17) is 5.11 Å². The highest BCUT2D eigenvalue weighted by Gasteiger charge is 2.46. The van der Waals surface area contributed by atoms with Gasteiger partial charge in [0.05, 0.1) is 30.0 Å². The molecule has 12 heteroatoms. The molecular formula is C25H33F2N3O5SSi. The highest BCUT2D eigenvalue weighted by molar-refractivity contribution is 7.91. The first-order chi connectivity index (χ1) is 17.3. The van der Waals surface area contributed by atoms with Crippen molar-refractivity contribution in [1.29, 1.82) is 0 Å². The maximum absolute atomic E-state index is 13.4. The summed E-state index contributed by atoms with van der Waals surface area (Å²) in [7, 11) is -5.02. The van der Waals surface area contributed by atoms with Crippen molar-refractivity contribution < 1.29 is 27.1 Å². The van der Waals surface area contributed by atoms with Gasteiger partial charge in [-0.25, -0.2) is 17.2 Å². The molecule has 2 fully saturated rings. The van der Waals surface area contributed by atoms with Gasteiger partial charge in [0.15, 0.2) is 9.84 Å². The Hall–Kier alpha value is -2.57. The molecule has 1 aromatic heterocycles. The quantitative estimate of drug-likeness (QED) is 0.482. The number of aromatic nitrogens is 1. The van der Waals surface area contributed by atoms with Crippen LogP contribution in [0.5, 0.6) is 0 Å². The fraction of sp³-hybridized carbons (Fsp3) is 0.520. The van der Waals surface area contributed by atoms with E-state index >= 15 is 0 Å². The van der Waals surface area contributed by atoms with Crippen LogP contribution in [0, 0.1) is 0 Å². The SMILES string of the molecule is C[Si]1(C)CCN(c2cc(S(=O)(=O)CCCO)ccc2C(=O)Nc2cccn(C3CC(F)(F)C3)c2=O)CC1. The number of amides is 1. The van der Waals surface area contributed by atoms with Crippen molar-refractivity contribution in [3.05, 3.63) is 52.4 Å². The van der Waals surface area contributed by atoms with Gasteiger partial charge in [-0.05, 0) is 48.8 Å². The molecular weight excluding hydrogens is 520 g/mol. The maximum Gasteiger partial charge on any atom is 0.274 e. The van der Waals surface area contributed by atoms with Crippen LogP contribution in [0.3, 0.4) is 0 Å². The average molecular weight is 554 g/mol. The second-order valence-corrected chi connectivity index (χ2v) is 18.2. The molecule has 1 aliphatic heterocycles. The molecule has 37 heavy (non-hydrogen) atoms. The van der Waals surface area contributed by atoms with E-state index in [0.717, 1.165) is 12.1 Å². The van der Waals surface area contributed by atoms with Gasteiger partial charge in [0.2, 0.25) is 0 Å². The van der Waals surface area contributed by atoms with Crippen molar-refractivity contribution in [2.24, 2.45) is 0 Å². The van der Waals surface area contributed by atoms with E-state index < -0.39 is 54.2 Å². The number of halogens is 2. The molecule has 2 heterocycles. The monoisotopic (exact) mass is 553 g/mol. The summed E-state index contributed by atoms with van der Waals surface area (Å²) >= 11 is 0. The van der Waals surface area contributed by atoms with Crippen molar-refractivity contribution >= 4 is 35.2 Å². The molecule has 0 bridgehead atoms. The number of alkyl halides is 2. The largest absolute Gasteiger partial charge is 0.396 e. The minimum absolute atomic E-state index is 0.0273. The summed E-state index contributed by atoms with van der Waals surface area (Å²) in [5, 5.41) is 11.7. The molecule has 1 saturated heterocycles. The standard InChI is InChI=1S/C25H33F2N3O5SSi/c1-37(2)13-9-29(10-14-37)22-15-19(36(34,35)12-4-11-31)6-7-20(22)23(32)28-21-5-3-8-30(24(21)33)18-16-25(26,27)17-18/h3,5-8,15,18,31H,4,9-14,16-17H2,1-2H3,(H,28,32). The van der Waals surface area contributed by atoms with Gasteiger partial charge >= 0.3 is 0 Å². The van der Waals surface area contributed by atoms with E-state index in [9.17, 15) is 26.8 Å². The Morgan fingerprint density at radius 3 is 2.49 bits per heavy atom. The Labute approximate surface area is 216 Å². The van der Waals surface area contributed by atoms with Crippen LogP contribution in [0.4, 0.5) is 20.2 Å². The smallest absolute Gasteiger partial charge is 0.274 e. The summed E-state index contributed by atoms with van der Waals surface area (Å²) in [6.07, 6.45) is 0.704. The van der Waals surface area contributed by atoms with Crippen molar-refractivity contribution in [3.8, 4) is 0 Å². The summed E-state index contributed by atoms with van der Waals surface area (Å²) in [4.78, 5) is 28.4. The molecule has 2 N–H and O–H groups in total. The normalized spacial score (nSPS) is 19.3. The van der Waals surface area contributed by atoms with Crippen LogP contribution >= 0.6 is 0 Å². The Kier molecular flexibility index (Phi) is 7.64. The Morgan fingerprint density at radius 1 is 1.19 bits per heavy atom. The fourth-order valence-corrected chi connectivity index (χ4v) is 8.10. The van der Waals surface area contributed by atoms with Crippen LogP contribution in [0.15, 0.2) is 46.2 Å². The number of carbonyl (C=O) groups excluding carboxylic acids is 1. The number of nitrogens with one attached hydrogen (secondary N) is 1. The number of aliphatic hydroxyl groups is 1. The zero-order chi connectivity index (χ0) is 27.0. The van der Waals surface area contributed by atoms with Gasteiger partial charge in [0, 0.05) is 44.8 Å². The topological polar surface area (TPSA) is 109 Å². The number of sulfone groups is 1. The molecule has 0 unspecified atom stereocenters. The van der Waals surface area contributed by atoms with Gasteiger partial charge in [0.1, 0.15) is 5.69 Å². The van der Waals surface area contributed by atoms with Crippen LogP contribution < -0.4 is 15.8 Å². The number of rotatable bonds is 8. The average Bonchev–Trinajstić information content (AvgIpc) is 2.82. The molecule has 2 aromatic rings. The third-order valence-electron chi connectivity index (χ3n) is 7.29. The van der Waals surface area contributed by atoms with Gasteiger partial charge in [-0.1, -0.05) is 13.1 Å². The molecule has 4 rings (SSSR count). The van der Waals surface area contributed by atoms with Crippen LogP contribution in [0.2, 0.25) is 25.2 Å². The molecule has 202 valence electrons. The minimum Gasteiger partial charge on any atom is -0.396 e. The van der Waals surface area contributed by atoms with Crippen LogP contribution in [0.25, 0.3) is 0 Å². The van der Waals surface area contributed by atoms with Gasteiger partial charge in [-0.2, -0.15) is 0 Å². The third-order valence-corrected chi connectivity index (χ3v) is 12.2. The lowest BCUT2D eigenvalue weighted by molar-refractivity contribution is -0.104. The van der Waals surface area contributed by atoms with Crippen molar-refractivity contribution in [2.45, 2.75) is 61.3 Å². The molecule has 8 nitrogen and oxygen atoms in total. The zero-order valence-corrected chi connectivity index (χ0v) is 22.9. The van der Waals surface area contributed by atoms with E-state index in [0.29, 0.717) is 18.8 Å². The van der Waals surface area contributed by atoms with Crippen molar-refractivity contribution in [3.63, 3.8) is 0 Å². The lowest BCUT2D eigenvalue weighted by atomic mass is 9.88. The van der Waals surface area contributed by atoms with Gasteiger partial charge in [0.25, 0.3) is 17.4 Å². The number of anilines is 2. The number of carbonyl (C=O) groups is 1. The first-order valence-electron chi connectivity index (χ1n) is 12.4. The molecule has 2 aliphatic rings. The Balaban J connectivity index is 1.65. The molecule has 1 aromatic carbocycles. The molecule has 0 spiro atoms. The van der Waals surface area contributed by atoms with Gasteiger partial charge < -0.3 is 19.9 Å². The minimum atomic E-state index is -3.66. The molecule has 1 aliphatic carbocycles. The number of benzene rings is 1. The third kappa shape index (κ3) is 6.12. The van der Waals surface area contributed by atoms with Crippen LogP contribution in [-0.4, -0.2) is 63.4 Å². The van der Waals surface area contributed by atoms with E-state index in [2.05, 4.69) is 18.4 Å². The second-order valence-electron chi connectivity index (χ2n) is 10.7. The first-order valence-corrected chi connectivity index (χ1v) is 17.5. The molecule has 1 amide bonds. The summed E-state index contributed by atoms with van der Waals surface area (Å²) < 4.78 is 53.5. The predicted molar refractivity (Wildman–Crippen MR) is 141 cm³/mol. The number of hydrogen-bond acceptors (Lipinski definition) is 6. The number of nitrogens with zero attached hydrogens (tertiary/aromatic N) is 2. The second kappa shape index (κ2) is 10.3. The highest BCUT2D eigenvalue weighted by Crippen LogP contribution is 2.44. The van der Waals surface area contributed by atoms with E-state index in [1.807, 2.05) is 4.90 Å². The van der Waals surface area contributed by atoms with Gasteiger partial charge in [-0.3, -0.25) is 9.59 Å². The predicted octanol–water partition coefficient (Wildman–Crippen LogP) is 3.76. The number of aliphatic hydroxyl groups excluding tert-OH is 1. The first kappa shape index (κ1) is 27.5. The van der Waals surface area contributed by atoms with Gasteiger partial charge in [-0.15, -0.1) is 0 Å². The van der Waals surface area contributed by atoms with E-state index in [1.165, 1.54) is 41.1 Å². The highest BCUT2D eigenvalue weighted by atomic mass is 32.2. The lowest BCUT2D eigenvalue weighted by Crippen LogP contribution is -2.43. The summed E-state index contributed by atoms with van der Waals surface area (Å²) in [5.41, 5.74) is 0.113. The summed E-state index contributed by atoms with van der Waals surface area (Å²) in [6, 6.07) is 8.63. The Morgan fingerprint density at radius 2 is 1.86 bits per heavy atom. The zero-order valence-electron chi connectivity index (χ0n) is 21.0. The van der Waals surface area contributed by atoms with Crippen LogP contribution in [-0.2, 0) is 9.84 Å². The summed E-state index contributed by atoms with van der Waals surface area (Å²) in [6.45, 7) is 5.73. The van der Waals surface area contributed by atoms with Crippen LogP contribution in [0.1, 0.15) is 35.7 Å². The van der Waals surface area contributed by atoms with Crippen molar-refractivity contribution in [1.82, 2.24) is 4.57 Å².